The van der Waals surface area contributed by atoms with Crippen LogP contribution in [-0.2, 0) is 6.54 Å². The molecule has 3 nitrogen and oxygen atoms in total. The first kappa shape index (κ1) is 9.97. The van der Waals surface area contributed by atoms with E-state index < -0.39 is 0 Å². The third-order valence-corrected chi connectivity index (χ3v) is 3.54. The van der Waals surface area contributed by atoms with Crippen molar-refractivity contribution in [1.29, 1.82) is 0 Å². The molecule has 1 saturated heterocycles. The molecule has 2 heterocycles. The quantitative estimate of drug-likeness (QED) is 0.762. The van der Waals surface area contributed by atoms with Crippen LogP contribution in [0, 0.1) is 0 Å². The van der Waals surface area contributed by atoms with Gasteiger partial charge in [0.25, 0.3) is 0 Å². The molecule has 1 aromatic rings. The number of benzene rings is 1. The molecule has 3 heteroatoms. The molecule has 1 aromatic carbocycles. The molecular formula is C13H17NO2. The molecule has 0 aliphatic carbocycles. The van der Waals surface area contributed by atoms with Crippen molar-refractivity contribution in [1.82, 2.24) is 4.90 Å². The summed E-state index contributed by atoms with van der Waals surface area (Å²) in [5.41, 5.74) is 1.25. The van der Waals surface area contributed by atoms with E-state index in [1.165, 1.54) is 24.9 Å². The largest absolute Gasteiger partial charge is 0.454 e. The fraction of sp³-hybridized carbons (Fsp3) is 0.538. The van der Waals surface area contributed by atoms with Crippen LogP contribution >= 0.6 is 0 Å². The van der Waals surface area contributed by atoms with E-state index in [4.69, 9.17) is 9.47 Å². The maximum atomic E-state index is 5.53. The van der Waals surface area contributed by atoms with Crippen molar-refractivity contribution in [3.05, 3.63) is 23.8 Å². The lowest BCUT2D eigenvalue weighted by Crippen LogP contribution is -2.26. The summed E-state index contributed by atoms with van der Waals surface area (Å²) in [6.45, 7) is 4.84. The van der Waals surface area contributed by atoms with Crippen molar-refractivity contribution in [2.24, 2.45) is 0 Å². The van der Waals surface area contributed by atoms with Gasteiger partial charge < -0.3 is 9.47 Å². The van der Waals surface area contributed by atoms with Crippen LogP contribution in [0.3, 0.4) is 0 Å². The lowest BCUT2D eigenvalue weighted by molar-refractivity contribution is 0.171. The second-order valence-corrected chi connectivity index (χ2v) is 4.61. The molecule has 16 heavy (non-hydrogen) atoms. The van der Waals surface area contributed by atoms with Crippen molar-refractivity contribution in [3.63, 3.8) is 0 Å². The topological polar surface area (TPSA) is 21.7 Å². The third-order valence-electron chi connectivity index (χ3n) is 3.54. The van der Waals surface area contributed by atoms with Gasteiger partial charge in [-0.15, -0.1) is 0 Å². The second-order valence-electron chi connectivity index (χ2n) is 4.61. The summed E-state index contributed by atoms with van der Waals surface area (Å²) in [4.78, 5) is 2.51. The fourth-order valence-electron chi connectivity index (χ4n) is 2.56. The fourth-order valence-corrected chi connectivity index (χ4v) is 2.56. The molecule has 0 N–H and O–H groups in total. The van der Waals surface area contributed by atoms with Gasteiger partial charge >= 0.3 is 0 Å². The molecule has 0 amide bonds. The molecule has 0 bridgehead atoms. The van der Waals surface area contributed by atoms with E-state index in [-0.39, 0.29) is 0 Å². The average molecular weight is 219 g/mol. The Morgan fingerprint density at radius 1 is 1.38 bits per heavy atom. The lowest BCUT2D eigenvalue weighted by atomic mass is 10.1. The monoisotopic (exact) mass is 219 g/mol. The summed E-state index contributed by atoms with van der Waals surface area (Å²) in [6, 6.07) is 6.85. The highest BCUT2D eigenvalue weighted by molar-refractivity contribution is 5.48. The Labute approximate surface area is 96.0 Å². The van der Waals surface area contributed by atoms with Gasteiger partial charge in [-0.05, 0) is 32.4 Å². The van der Waals surface area contributed by atoms with Crippen LogP contribution in [0.15, 0.2) is 18.2 Å². The van der Waals surface area contributed by atoms with Gasteiger partial charge in [0.05, 0.1) is 0 Å². The van der Waals surface area contributed by atoms with Crippen LogP contribution in [0.1, 0.15) is 25.3 Å². The number of rotatable bonds is 2. The van der Waals surface area contributed by atoms with Crippen molar-refractivity contribution >= 4 is 0 Å². The predicted octanol–water partition coefficient (Wildman–Crippen LogP) is 2.40. The van der Waals surface area contributed by atoms with Crippen LogP contribution < -0.4 is 9.47 Å². The second kappa shape index (κ2) is 3.98. The van der Waals surface area contributed by atoms with Gasteiger partial charge in [0.1, 0.15) is 0 Å². The highest BCUT2D eigenvalue weighted by Crippen LogP contribution is 2.36. The summed E-state index contributed by atoms with van der Waals surface area (Å²) in [5.74, 6) is 1.84. The molecule has 2 aliphatic rings. The minimum atomic E-state index is 0.363. The molecule has 1 unspecified atom stereocenters. The molecule has 1 fully saturated rings. The molecule has 0 saturated carbocycles. The minimum absolute atomic E-state index is 0.363. The van der Waals surface area contributed by atoms with Crippen LogP contribution in [0.2, 0.25) is 0 Å². The van der Waals surface area contributed by atoms with Gasteiger partial charge in [-0.2, -0.15) is 0 Å². The Balaban J connectivity index is 1.82. The van der Waals surface area contributed by atoms with Crippen LogP contribution in [-0.4, -0.2) is 24.3 Å². The first-order valence-electron chi connectivity index (χ1n) is 5.96. The Morgan fingerprint density at radius 2 is 2.31 bits per heavy atom. The highest BCUT2D eigenvalue weighted by Gasteiger charge is 2.23. The van der Waals surface area contributed by atoms with Crippen LogP contribution in [0.4, 0.5) is 0 Å². The summed E-state index contributed by atoms with van der Waals surface area (Å²) >= 11 is 0. The summed E-state index contributed by atoms with van der Waals surface area (Å²) in [7, 11) is 0. The minimum Gasteiger partial charge on any atom is -0.454 e. The average Bonchev–Trinajstić information content (AvgIpc) is 2.89. The molecule has 86 valence electrons. The number of hydrogen-bond donors (Lipinski definition) is 0. The molecule has 0 radical (unpaired) electrons. The molecule has 0 aromatic heterocycles. The number of ether oxygens (including phenoxy) is 2. The van der Waals surface area contributed by atoms with Gasteiger partial charge in [-0.1, -0.05) is 12.1 Å². The number of likely N-dealkylation sites (tertiary alicyclic amines) is 1. The zero-order chi connectivity index (χ0) is 11.0. The Bertz CT molecular complexity index is 392. The van der Waals surface area contributed by atoms with Crippen molar-refractivity contribution in [2.75, 3.05) is 13.3 Å². The SMILES string of the molecule is CC1CCCN1Cc1cccc2c1OCO2. The zero-order valence-corrected chi connectivity index (χ0v) is 9.61. The molecule has 3 rings (SSSR count). The Morgan fingerprint density at radius 3 is 3.12 bits per heavy atom. The van der Waals surface area contributed by atoms with Crippen molar-refractivity contribution in [3.8, 4) is 11.5 Å². The van der Waals surface area contributed by atoms with Gasteiger partial charge in [-0.25, -0.2) is 0 Å². The van der Waals surface area contributed by atoms with E-state index in [0.29, 0.717) is 12.8 Å². The Kier molecular flexibility index (Phi) is 2.48. The molecular weight excluding hydrogens is 202 g/mol. The normalized spacial score (nSPS) is 23.9. The van der Waals surface area contributed by atoms with E-state index in [1.54, 1.807) is 0 Å². The maximum absolute atomic E-state index is 5.53. The van der Waals surface area contributed by atoms with Crippen LogP contribution in [0.5, 0.6) is 11.5 Å². The molecule has 2 aliphatic heterocycles. The Hall–Kier alpha value is -1.22. The predicted molar refractivity (Wildman–Crippen MR) is 61.7 cm³/mol. The van der Waals surface area contributed by atoms with Gasteiger partial charge in [-0.3, -0.25) is 4.90 Å². The standard InChI is InChI=1S/C13H17NO2/c1-10-4-3-7-14(10)8-11-5-2-6-12-13(11)16-9-15-12/h2,5-6,10H,3-4,7-9H2,1H3. The first-order chi connectivity index (χ1) is 7.84. The summed E-state index contributed by atoms with van der Waals surface area (Å²) in [6.07, 6.45) is 2.62. The van der Waals surface area contributed by atoms with Gasteiger partial charge in [0, 0.05) is 18.2 Å². The van der Waals surface area contributed by atoms with E-state index in [2.05, 4.69) is 17.9 Å². The number of hydrogen-bond acceptors (Lipinski definition) is 3. The smallest absolute Gasteiger partial charge is 0.231 e. The van der Waals surface area contributed by atoms with E-state index in [9.17, 15) is 0 Å². The van der Waals surface area contributed by atoms with E-state index in [1.807, 2.05) is 12.1 Å². The van der Waals surface area contributed by atoms with E-state index in [0.717, 1.165) is 18.0 Å². The number of nitrogens with zero attached hydrogens (tertiary/aromatic N) is 1. The summed E-state index contributed by atoms with van der Waals surface area (Å²) in [5, 5.41) is 0. The number of fused-ring (bicyclic) bond motifs is 1. The maximum Gasteiger partial charge on any atom is 0.231 e. The van der Waals surface area contributed by atoms with Crippen molar-refractivity contribution in [2.45, 2.75) is 32.4 Å². The molecule has 1 atom stereocenters. The third kappa shape index (κ3) is 1.65. The summed E-state index contributed by atoms with van der Waals surface area (Å²) < 4.78 is 10.9. The van der Waals surface area contributed by atoms with Crippen LogP contribution in [0.25, 0.3) is 0 Å². The van der Waals surface area contributed by atoms with Gasteiger partial charge in [0.2, 0.25) is 6.79 Å². The highest BCUT2D eigenvalue weighted by atomic mass is 16.7. The van der Waals surface area contributed by atoms with Gasteiger partial charge in [0.15, 0.2) is 11.5 Å². The molecule has 0 spiro atoms. The van der Waals surface area contributed by atoms with Crippen molar-refractivity contribution < 1.29 is 9.47 Å². The first-order valence-corrected chi connectivity index (χ1v) is 5.96. The zero-order valence-electron chi connectivity index (χ0n) is 9.61. The van der Waals surface area contributed by atoms with E-state index >= 15 is 0 Å². The number of para-hydroxylation sites is 1. The lowest BCUT2D eigenvalue weighted by Gasteiger charge is -2.21.